The first kappa shape index (κ1) is 20.3. The molecule has 0 aliphatic carbocycles. The number of carbonyl (C=O) groups is 1. The summed E-state index contributed by atoms with van der Waals surface area (Å²) in [6.45, 7) is 4.15. The minimum absolute atomic E-state index is 0.171. The van der Waals surface area contributed by atoms with Crippen LogP contribution in [0.5, 0.6) is 5.75 Å². The predicted octanol–water partition coefficient (Wildman–Crippen LogP) is 3.14. The second-order valence-electron chi connectivity index (χ2n) is 6.75. The number of hydrogen-bond acceptors (Lipinski definition) is 4. The summed E-state index contributed by atoms with van der Waals surface area (Å²) in [5.74, 6) is -0.343. The van der Waals surface area contributed by atoms with Gasteiger partial charge in [-0.1, -0.05) is 29.8 Å². The Morgan fingerprint density at radius 1 is 1.14 bits per heavy atom. The number of benzene rings is 2. The van der Waals surface area contributed by atoms with Gasteiger partial charge < -0.3 is 9.64 Å². The number of para-hydroxylation sites is 1. The molecule has 0 fully saturated rings. The van der Waals surface area contributed by atoms with E-state index in [2.05, 4.69) is 5.10 Å². The molecule has 0 atom stereocenters. The Kier molecular flexibility index (Phi) is 6.07. The third-order valence-corrected chi connectivity index (χ3v) is 4.45. The van der Waals surface area contributed by atoms with E-state index in [0.29, 0.717) is 11.4 Å². The highest BCUT2D eigenvalue weighted by Crippen LogP contribution is 2.14. The number of rotatable bonds is 6. The van der Waals surface area contributed by atoms with Gasteiger partial charge in [-0.15, -0.1) is 0 Å². The van der Waals surface area contributed by atoms with Gasteiger partial charge in [-0.3, -0.25) is 9.59 Å². The Morgan fingerprint density at radius 3 is 2.52 bits per heavy atom. The third-order valence-electron chi connectivity index (χ3n) is 4.45. The maximum absolute atomic E-state index is 14.1. The summed E-state index contributed by atoms with van der Waals surface area (Å²) in [7, 11) is 1.56. The quantitative estimate of drug-likeness (QED) is 0.643. The van der Waals surface area contributed by atoms with E-state index in [1.807, 2.05) is 31.2 Å². The van der Waals surface area contributed by atoms with Gasteiger partial charge in [0.2, 0.25) is 5.43 Å². The van der Waals surface area contributed by atoms with Gasteiger partial charge in [0.15, 0.2) is 5.69 Å². The standard InChI is InChI=1S/C22H22FN3O3/c1-15-8-10-17(11-9-15)29-13-12-25(3)22(28)21-20(27)14-16(2)26(24-21)19-7-5-4-6-18(19)23/h4-11,14H,12-13H2,1-3H3. The van der Waals surface area contributed by atoms with Gasteiger partial charge in [-0.05, 0) is 38.1 Å². The molecule has 29 heavy (non-hydrogen) atoms. The molecule has 1 heterocycles. The highest BCUT2D eigenvalue weighted by atomic mass is 19.1. The number of aromatic nitrogens is 2. The van der Waals surface area contributed by atoms with E-state index in [4.69, 9.17) is 4.74 Å². The van der Waals surface area contributed by atoms with Gasteiger partial charge in [-0.2, -0.15) is 5.10 Å². The second kappa shape index (κ2) is 8.68. The van der Waals surface area contributed by atoms with Crippen LogP contribution in [0.3, 0.4) is 0 Å². The summed E-state index contributed by atoms with van der Waals surface area (Å²) < 4.78 is 21.0. The molecule has 1 aromatic heterocycles. The molecule has 0 N–H and O–H groups in total. The van der Waals surface area contributed by atoms with Crippen molar-refractivity contribution in [2.24, 2.45) is 0 Å². The van der Waals surface area contributed by atoms with Crippen LogP contribution in [0.25, 0.3) is 5.69 Å². The van der Waals surface area contributed by atoms with E-state index in [0.717, 1.165) is 5.56 Å². The van der Waals surface area contributed by atoms with Crippen LogP contribution in [-0.2, 0) is 0 Å². The largest absolute Gasteiger partial charge is 0.492 e. The molecule has 0 aliphatic heterocycles. The molecule has 1 amide bonds. The zero-order chi connectivity index (χ0) is 21.0. The summed E-state index contributed by atoms with van der Waals surface area (Å²) in [4.78, 5) is 26.4. The smallest absolute Gasteiger partial charge is 0.278 e. The van der Waals surface area contributed by atoms with Gasteiger partial charge >= 0.3 is 0 Å². The Bertz CT molecular complexity index is 1080. The van der Waals surface area contributed by atoms with Crippen LogP contribution in [-0.4, -0.2) is 40.8 Å². The maximum Gasteiger partial charge on any atom is 0.278 e. The molecule has 6 nitrogen and oxygen atoms in total. The lowest BCUT2D eigenvalue weighted by atomic mass is 10.2. The summed E-state index contributed by atoms with van der Waals surface area (Å²) in [6.07, 6.45) is 0. The number of carbonyl (C=O) groups excluding carboxylic acids is 1. The van der Waals surface area contributed by atoms with Gasteiger partial charge in [-0.25, -0.2) is 9.07 Å². The zero-order valence-electron chi connectivity index (χ0n) is 16.6. The first-order valence-electron chi connectivity index (χ1n) is 9.17. The molecule has 0 saturated heterocycles. The van der Waals surface area contributed by atoms with E-state index in [1.54, 1.807) is 26.1 Å². The van der Waals surface area contributed by atoms with Gasteiger partial charge in [0.25, 0.3) is 5.91 Å². The number of ether oxygens (including phenoxy) is 1. The molecule has 0 radical (unpaired) electrons. The molecule has 150 valence electrons. The molecule has 2 aromatic carbocycles. The lowest BCUT2D eigenvalue weighted by Gasteiger charge is -2.18. The van der Waals surface area contributed by atoms with Gasteiger partial charge in [0.05, 0.1) is 6.54 Å². The fraction of sp³-hybridized carbons (Fsp3) is 0.227. The topological polar surface area (TPSA) is 64.4 Å². The van der Waals surface area contributed by atoms with Crippen LogP contribution in [0.1, 0.15) is 21.7 Å². The number of aryl methyl sites for hydroxylation is 2. The Labute approximate surface area is 168 Å². The normalized spacial score (nSPS) is 10.6. The minimum Gasteiger partial charge on any atom is -0.492 e. The van der Waals surface area contributed by atoms with Crippen LogP contribution in [0.2, 0.25) is 0 Å². The lowest BCUT2D eigenvalue weighted by Crippen LogP contribution is -2.36. The summed E-state index contributed by atoms with van der Waals surface area (Å²) in [5, 5.41) is 4.13. The number of likely N-dealkylation sites (N-methyl/N-ethyl adjacent to an activating group) is 1. The average molecular weight is 395 g/mol. The van der Waals surface area contributed by atoms with Crippen LogP contribution in [0.4, 0.5) is 4.39 Å². The van der Waals surface area contributed by atoms with Gasteiger partial charge in [0.1, 0.15) is 23.9 Å². The van der Waals surface area contributed by atoms with Crippen LogP contribution < -0.4 is 10.2 Å². The third kappa shape index (κ3) is 4.68. The van der Waals surface area contributed by atoms with E-state index < -0.39 is 17.2 Å². The summed E-state index contributed by atoms with van der Waals surface area (Å²) in [6, 6.07) is 14.9. The molecular formula is C22H22FN3O3. The monoisotopic (exact) mass is 395 g/mol. The number of amides is 1. The molecular weight excluding hydrogens is 373 g/mol. The van der Waals surface area contributed by atoms with Crippen molar-refractivity contribution in [1.29, 1.82) is 0 Å². The molecule has 3 aromatic rings. The molecule has 0 saturated carbocycles. The van der Waals surface area contributed by atoms with Crippen molar-refractivity contribution >= 4 is 5.91 Å². The Hall–Kier alpha value is -3.48. The van der Waals surface area contributed by atoms with E-state index in [1.165, 1.54) is 27.8 Å². The number of hydrogen-bond donors (Lipinski definition) is 0. The first-order valence-corrected chi connectivity index (χ1v) is 9.17. The molecule has 7 heteroatoms. The molecule has 0 unspecified atom stereocenters. The highest BCUT2D eigenvalue weighted by Gasteiger charge is 2.20. The van der Waals surface area contributed by atoms with E-state index >= 15 is 0 Å². The van der Waals surface area contributed by atoms with Crippen molar-refractivity contribution in [3.63, 3.8) is 0 Å². The maximum atomic E-state index is 14.1. The Morgan fingerprint density at radius 2 is 1.83 bits per heavy atom. The van der Waals surface area contributed by atoms with Crippen LogP contribution >= 0.6 is 0 Å². The molecule has 0 aliphatic rings. The van der Waals surface area contributed by atoms with E-state index in [-0.39, 0.29) is 24.5 Å². The molecule has 0 spiro atoms. The van der Waals surface area contributed by atoms with Crippen molar-refractivity contribution in [3.8, 4) is 11.4 Å². The van der Waals surface area contributed by atoms with Crippen molar-refractivity contribution in [2.75, 3.05) is 20.2 Å². The number of nitrogens with zero attached hydrogens (tertiary/aromatic N) is 3. The lowest BCUT2D eigenvalue weighted by molar-refractivity contribution is 0.0764. The number of halogens is 1. The Balaban J connectivity index is 1.76. The van der Waals surface area contributed by atoms with Crippen molar-refractivity contribution < 1.29 is 13.9 Å². The highest BCUT2D eigenvalue weighted by molar-refractivity contribution is 5.91. The minimum atomic E-state index is -0.549. The fourth-order valence-corrected chi connectivity index (χ4v) is 2.78. The van der Waals surface area contributed by atoms with Crippen molar-refractivity contribution in [3.05, 3.63) is 87.6 Å². The predicted molar refractivity (Wildman–Crippen MR) is 108 cm³/mol. The molecule has 0 bridgehead atoms. The first-order chi connectivity index (χ1) is 13.9. The molecule has 3 rings (SSSR count). The summed E-state index contributed by atoms with van der Waals surface area (Å²) in [5.41, 5.74) is 0.954. The summed E-state index contributed by atoms with van der Waals surface area (Å²) >= 11 is 0. The second-order valence-corrected chi connectivity index (χ2v) is 6.75. The van der Waals surface area contributed by atoms with Crippen LogP contribution in [0, 0.1) is 19.7 Å². The van der Waals surface area contributed by atoms with Crippen LogP contribution in [0.15, 0.2) is 59.4 Å². The average Bonchev–Trinajstić information content (AvgIpc) is 2.70. The SMILES string of the molecule is Cc1ccc(OCCN(C)C(=O)c2nn(-c3ccccc3F)c(C)cc2=O)cc1. The van der Waals surface area contributed by atoms with Crippen molar-refractivity contribution in [2.45, 2.75) is 13.8 Å². The van der Waals surface area contributed by atoms with Crippen molar-refractivity contribution in [1.82, 2.24) is 14.7 Å². The van der Waals surface area contributed by atoms with Gasteiger partial charge in [0, 0.05) is 18.8 Å². The fourth-order valence-electron chi connectivity index (χ4n) is 2.78. The van der Waals surface area contributed by atoms with E-state index in [9.17, 15) is 14.0 Å². The zero-order valence-corrected chi connectivity index (χ0v) is 16.6.